The van der Waals surface area contributed by atoms with E-state index in [2.05, 4.69) is 4.18 Å². The van der Waals surface area contributed by atoms with Gasteiger partial charge in [0.1, 0.15) is 5.75 Å². The van der Waals surface area contributed by atoms with Gasteiger partial charge in [-0.25, -0.2) is 0 Å². The molecule has 0 saturated heterocycles. The molecule has 0 aliphatic carbocycles. The molecule has 0 spiro atoms. The molecule has 0 unspecified atom stereocenters. The molecule has 0 bridgehead atoms. The monoisotopic (exact) mass is 544 g/mol. The molecule has 1 aromatic rings. The summed E-state index contributed by atoms with van der Waals surface area (Å²) < 4.78 is 150. The van der Waals surface area contributed by atoms with E-state index in [0.717, 1.165) is 0 Å². The summed E-state index contributed by atoms with van der Waals surface area (Å²) in [4.78, 5) is 0. The summed E-state index contributed by atoms with van der Waals surface area (Å²) in [6.45, 7) is 14.5. The van der Waals surface area contributed by atoms with Gasteiger partial charge < -0.3 is 4.18 Å². The molecule has 3 nitrogen and oxygen atoms in total. The number of benzene rings is 1. The van der Waals surface area contributed by atoms with Crippen LogP contribution in [0.2, 0.25) is 0 Å². The van der Waals surface area contributed by atoms with Crippen molar-refractivity contribution in [3.63, 3.8) is 0 Å². The lowest BCUT2D eigenvalue weighted by Crippen LogP contribution is -2.63. The third kappa shape index (κ3) is 5.53. The SMILES string of the molecule is CC(C)(C)c1cc(C(C)(C)C)c(OS(=O)(=O)C(F)(F)C(F)(F)C(F)(F)C(F)(F)F)c(C(C)(C)C)c1. The topological polar surface area (TPSA) is 43.4 Å². The normalized spacial score (nSPS) is 15.4. The quantitative estimate of drug-likeness (QED) is 0.282. The molecular formula is C22H29F9O3S. The zero-order valence-corrected chi connectivity index (χ0v) is 21.5. The maximum absolute atomic E-state index is 14.4. The van der Waals surface area contributed by atoms with Gasteiger partial charge in [0.05, 0.1) is 0 Å². The summed E-state index contributed by atoms with van der Waals surface area (Å²) in [7, 11) is -7.09. The van der Waals surface area contributed by atoms with Gasteiger partial charge in [-0.1, -0.05) is 74.4 Å². The van der Waals surface area contributed by atoms with Crippen molar-refractivity contribution in [1.29, 1.82) is 0 Å². The molecule has 0 saturated carbocycles. The summed E-state index contributed by atoms with van der Waals surface area (Å²) in [5.41, 5.74) is -2.21. The predicted octanol–water partition coefficient (Wildman–Crippen LogP) is 7.71. The lowest BCUT2D eigenvalue weighted by atomic mass is 9.75. The van der Waals surface area contributed by atoms with Crippen LogP contribution in [0.5, 0.6) is 5.75 Å². The van der Waals surface area contributed by atoms with E-state index in [-0.39, 0.29) is 11.1 Å². The van der Waals surface area contributed by atoms with E-state index in [4.69, 9.17) is 0 Å². The summed E-state index contributed by atoms with van der Waals surface area (Å²) in [5, 5.41) is -6.95. The minimum Gasteiger partial charge on any atom is -0.377 e. The second kappa shape index (κ2) is 8.44. The highest BCUT2D eigenvalue weighted by Crippen LogP contribution is 2.55. The van der Waals surface area contributed by atoms with Crippen molar-refractivity contribution in [1.82, 2.24) is 0 Å². The molecule has 1 aromatic carbocycles. The van der Waals surface area contributed by atoms with Gasteiger partial charge in [0.2, 0.25) is 0 Å². The number of halogens is 9. The van der Waals surface area contributed by atoms with Crippen molar-refractivity contribution in [3.05, 3.63) is 28.8 Å². The van der Waals surface area contributed by atoms with E-state index in [1.165, 1.54) is 53.7 Å². The molecule has 13 heteroatoms. The van der Waals surface area contributed by atoms with E-state index in [1.54, 1.807) is 20.8 Å². The predicted molar refractivity (Wildman–Crippen MR) is 113 cm³/mol. The third-order valence-corrected chi connectivity index (χ3v) is 6.46. The highest BCUT2D eigenvalue weighted by Gasteiger charge is 2.86. The first-order valence-electron chi connectivity index (χ1n) is 10.3. The Hall–Kier alpha value is -1.66. The van der Waals surface area contributed by atoms with Crippen LogP contribution < -0.4 is 4.18 Å². The molecule has 0 N–H and O–H groups in total. The van der Waals surface area contributed by atoms with Crippen molar-refractivity contribution in [2.45, 2.75) is 102 Å². The molecule has 0 aromatic heterocycles. The molecule has 0 amide bonds. The zero-order valence-electron chi connectivity index (χ0n) is 20.7. The second-order valence-electron chi connectivity index (χ2n) is 11.4. The van der Waals surface area contributed by atoms with Crippen LogP contribution in [-0.4, -0.2) is 31.7 Å². The lowest BCUT2D eigenvalue weighted by molar-refractivity contribution is -0.382. The second-order valence-corrected chi connectivity index (χ2v) is 12.9. The Morgan fingerprint density at radius 3 is 1.20 bits per heavy atom. The van der Waals surface area contributed by atoms with Gasteiger partial charge in [0.25, 0.3) is 0 Å². The highest BCUT2D eigenvalue weighted by molar-refractivity contribution is 7.88. The summed E-state index contributed by atoms with van der Waals surface area (Å²) >= 11 is 0. The number of hydrogen-bond donors (Lipinski definition) is 0. The van der Waals surface area contributed by atoms with E-state index >= 15 is 0 Å². The Labute approximate surface area is 199 Å². The Bertz CT molecular complexity index is 1020. The van der Waals surface area contributed by atoms with E-state index in [9.17, 15) is 47.9 Å². The van der Waals surface area contributed by atoms with Crippen LogP contribution >= 0.6 is 0 Å². The summed E-state index contributed by atoms with van der Waals surface area (Å²) in [5.74, 6) is -15.6. The Morgan fingerprint density at radius 2 is 0.943 bits per heavy atom. The van der Waals surface area contributed by atoms with Crippen LogP contribution in [0.25, 0.3) is 0 Å². The molecular weight excluding hydrogens is 515 g/mol. The minimum absolute atomic E-state index is 0.0554. The number of rotatable bonds is 5. The zero-order chi connectivity index (χ0) is 28.4. The standard InChI is InChI=1S/C22H29F9O3S/c1-16(2,3)12-10-13(17(4,5)6)15(14(11-12)18(7,8)9)34-35(32,33)22(30,31)20(25,26)19(23,24)21(27,28)29/h10-11H,1-9H3. The first-order chi connectivity index (χ1) is 14.9. The number of alkyl halides is 9. The van der Waals surface area contributed by atoms with Gasteiger partial charge >= 0.3 is 33.4 Å². The van der Waals surface area contributed by atoms with Crippen molar-refractivity contribution in [2.75, 3.05) is 0 Å². The first-order valence-corrected chi connectivity index (χ1v) is 11.7. The molecule has 0 aliphatic rings. The van der Waals surface area contributed by atoms with Gasteiger partial charge in [0.15, 0.2) is 0 Å². The maximum atomic E-state index is 14.4. The molecule has 204 valence electrons. The fraction of sp³-hybridized carbons (Fsp3) is 0.727. The molecule has 0 heterocycles. The van der Waals surface area contributed by atoms with E-state index in [0.29, 0.717) is 5.56 Å². The van der Waals surface area contributed by atoms with E-state index < -0.39 is 55.4 Å². The smallest absolute Gasteiger partial charge is 0.377 e. The largest absolute Gasteiger partial charge is 0.460 e. The molecule has 0 fully saturated rings. The summed E-state index contributed by atoms with van der Waals surface area (Å²) in [6, 6.07) is 2.78. The fourth-order valence-corrected chi connectivity index (χ4v) is 3.89. The van der Waals surface area contributed by atoms with E-state index in [1.807, 2.05) is 0 Å². The fourth-order valence-electron chi connectivity index (χ4n) is 2.95. The van der Waals surface area contributed by atoms with Crippen LogP contribution in [0.4, 0.5) is 39.5 Å². The summed E-state index contributed by atoms with van der Waals surface area (Å²) in [6.07, 6.45) is -7.17. The van der Waals surface area contributed by atoms with Crippen LogP contribution in [-0.2, 0) is 26.4 Å². The van der Waals surface area contributed by atoms with Crippen molar-refractivity contribution >= 4 is 10.1 Å². The van der Waals surface area contributed by atoms with Gasteiger partial charge in [-0.3, -0.25) is 0 Å². The molecule has 0 aliphatic heterocycles. The van der Waals surface area contributed by atoms with Crippen molar-refractivity contribution in [2.24, 2.45) is 0 Å². The highest BCUT2D eigenvalue weighted by atomic mass is 32.2. The first kappa shape index (κ1) is 31.4. The Kier molecular flexibility index (Phi) is 7.57. The van der Waals surface area contributed by atoms with Crippen LogP contribution in [0, 0.1) is 0 Å². The average Bonchev–Trinajstić information content (AvgIpc) is 2.56. The van der Waals surface area contributed by atoms with Crippen LogP contribution in [0.1, 0.15) is 79.0 Å². The van der Waals surface area contributed by atoms with Crippen LogP contribution in [0.3, 0.4) is 0 Å². The minimum atomic E-state index is -7.38. The number of hydrogen-bond acceptors (Lipinski definition) is 3. The Morgan fingerprint density at radius 1 is 0.600 bits per heavy atom. The van der Waals surface area contributed by atoms with Gasteiger partial charge in [-0.15, -0.1) is 0 Å². The van der Waals surface area contributed by atoms with Gasteiger partial charge in [-0.2, -0.15) is 47.9 Å². The molecule has 0 radical (unpaired) electrons. The van der Waals surface area contributed by atoms with Gasteiger partial charge in [0, 0.05) is 11.1 Å². The van der Waals surface area contributed by atoms with Crippen LogP contribution in [0.15, 0.2) is 12.1 Å². The average molecular weight is 545 g/mol. The van der Waals surface area contributed by atoms with Gasteiger partial charge in [-0.05, 0) is 21.8 Å². The molecule has 35 heavy (non-hydrogen) atoms. The lowest BCUT2D eigenvalue weighted by Gasteiger charge is -2.35. The Balaban J connectivity index is 3.99. The molecule has 1 rings (SSSR count). The molecule has 0 atom stereocenters. The third-order valence-electron chi connectivity index (χ3n) is 5.19. The van der Waals surface area contributed by atoms with Crippen molar-refractivity contribution < 1.29 is 52.1 Å². The van der Waals surface area contributed by atoms with Crippen molar-refractivity contribution in [3.8, 4) is 5.75 Å². The maximum Gasteiger partial charge on any atom is 0.460 e.